The Morgan fingerprint density at radius 1 is 1.00 bits per heavy atom. The fourth-order valence-electron chi connectivity index (χ4n) is 4.77. The van der Waals surface area contributed by atoms with Gasteiger partial charge in [0.05, 0.1) is 0 Å². The summed E-state index contributed by atoms with van der Waals surface area (Å²) in [5, 5.41) is 0. The lowest BCUT2D eigenvalue weighted by Crippen LogP contribution is -2.33. The van der Waals surface area contributed by atoms with Crippen LogP contribution in [0, 0.1) is 0 Å². The molecule has 1 nitrogen and oxygen atoms in total. The number of hydrogen-bond donors (Lipinski definition) is 0. The van der Waals surface area contributed by atoms with Gasteiger partial charge in [0.25, 0.3) is 0 Å². The summed E-state index contributed by atoms with van der Waals surface area (Å²) in [7, 11) is 0. The van der Waals surface area contributed by atoms with Gasteiger partial charge >= 0.3 is 0 Å². The van der Waals surface area contributed by atoms with Gasteiger partial charge in [-0.2, -0.15) is 0 Å². The van der Waals surface area contributed by atoms with E-state index in [1.807, 2.05) is 6.92 Å². The maximum Gasteiger partial charge on any atom is 0.163 e. The highest BCUT2D eigenvalue weighted by Gasteiger charge is 2.37. The smallest absolute Gasteiger partial charge is 0.163 e. The second-order valence-corrected chi connectivity index (χ2v) is 9.93. The number of ketones is 1. The molecule has 0 heterocycles. The van der Waals surface area contributed by atoms with Crippen LogP contribution in [0.25, 0.3) is 5.57 Å². The van der Waals surface area contributed by atoms with Gasteiger partial charge in [-0.1, -0.05) is 57.5 Å². The van der Waals surface area contributed by atoms with Crippen LogP contribution in [-0.2, 0) is 15.6 Å². The zero-order chi connectivity index (χ0) is 19.8. The Labute approximate surface area is 166 Å². The lowest BCUT2D eigenvalue weighted by Gasteiger charge is -2.42. The first-order valence-electron chi connectivity index (χ1n) is 10.7. The Bertz CT molecular complexity index is 801. The molecular weight excluding hydrogens is 328 g/mol. The first kappa shape index (κ1) is 20.1. The van der Waals surface area contributed by atoms with Crippen LogP contribution in [0.2, 0.25) is 0 Å². The summed E-state index contributed by atoms with van der Waals surface area (Å²) in [5.74, 6) is 0.331. The van der Waals surface area contributed by atoms with Crippen molar-refractivity contribution in [3.05, 3.63) is 52.1 Å². The quantitative estimate of drug-likeness (QED) is 0.513. The number of carbonyl (C=O) groups is 1. The molecule has 0 aromatic heterocycles. The summed E-state index contributed by atoms with van der Waals surface area (Å²) in [6.07, 6.45) is 9.41. The molecule has 0 unspecified atom stereocenters. The molecule has 0 N–H and O–H groups in total. The topological polar surface area (TPSA) is 17.1 Å². The summed E-state index contributed by atoms with van der Waals surface area (Å²) >= 11 is 0. The summed E-state index contributed by atoms with van der Waals surface area (Å²) < 4.78 is 0. The molecule has 0 fully saturated rings. The van der Waals surface area contributed by atoms with Gasteiger partial charge in [0.2, 0.25) is 0 Å². The SMILES string of the molecule is CC=C(C)CC(=O)C1=C(c2ccc3c(c2)C(C)(C)CCC3(C)C)CCCC1. The molecule has 0 amide bonds. The lowest BCUT2D eigenvalue weighted by molar-refractivity contribution is -0.115. The third-order valence-electron chi connectivity index (χ3n) is 6.94. The molecule has 0 atom stereocenters. The monoisotopic (exact) mass is 364 g/mol. The number of benzene rings is 1. The van der Waals surface area contributed by atoms with E-state index in [1.165, 1.54) is 47.1 Å². The highest BCUT2D eigenvalue weighted by molar-refractivity contribution is 6.04. The van der Waals surface area contributed by atoms with Gasteiger partial charge in [0.15, 0.2) is 5.78 Å². The van der Waals surface area contributed by atoms with Crippen LogP contribution in [0.5, 0.6) is 0 Å². The Morgan fingerprint density at radius 3 is 2.30 bits per heavy atom. The van der Waals surface area contributed by atoms with E-state index in [4.69, 9.17) is 0 Å². The molecule has 0 saturated carbocycles. The minimum atomic E-state index is 0.210. The van der Waals surface area contributed by atoms with E-state index in [-0.39, 0.29) is 10.8 Å². The number of allylic oxidation sites excluding steroid dienone is 4. The molecule has 0 bridgehead atoms. The predicted molar refractivity (Wildman–Crippen MR) is 116 cm³/mol. The van der Waals surface area contributed by atoms with Crippen molar-refractivity contribution in [2.75, 3.05) is 0 Å². The Hall–Kier alpha value is -1.63. The van der Waals surface area contributed by atoms with Gasteiger partial charge in [-0.3, -0.25) is 4.79 Å². The molecule has 1 aromatic rings. The fourth-order valence-corrected chi connectivity index (χ4v) is 4.77. The van der Waals surface area contributed by atoms with Gasteiger partial charge in [-0.05, 0) is 91.0 Å². The fraction of sp³-hybridized carbons (Fsp3) is 0.577. The van der Waals surface area contributed by atoms with Crippen molar-refractivity contribution in [1.82, 2.24) is 0 Å². The number of rotatable bonds is 4. The van der Waals surface area contributed by atoms with Crippen LogP contribution in [0.4, 0.5) is 0 Å². The normalized spacial score (nSPS) is 21.8. The highest BCUT2D eigenvalue weighted by Crippen LogP contribution is 2.47. The Kier molecular flexibility index (Phi) is 5.52. The maximum atomic E-state index is 13.0. The second-order valence-electron chi connectivity index (χ2n) is 9.93. The maximum absolute atomic E-state index is 13.0. The van der Waals surface area contributed by atoms with E-state index < -0.39 is 0 Å². The molecule has 2 aliphatic rings. The first-order valence-corrected chi connectivity index (χ1v) is 10.7. The van der Waals surface area contributed by atoms with Crippen molar-refractivity contribution in [3.8, 4) is 0 Å². The van der Waals surface area contributed by atoms with Gasteiger partial charge in [-0.15, -0.1) is 0 Å². The van der Waals surface area contributed by atoms with Crippen molar-refractivity contribution >= 4 is 11.4 Å². The molecular formula is C26H36O. The Morgan fingerprint density at radius 2 is 1.63 bits per heavy atom. The van der Waals surface area contributed by atoms with Gasteiger partial charge in [0.1, 0.15) is 0 Å². The van der Waals surface area contributed by atoms with Gasteiger partial charge < -0.3 is 0 Å². The molecule has 0 radical (unpaired) electrons. The predicted octanol–water partition coefficient (Wildman–Crippen LogP) is 7.29. The zero-order valence-corrected chi connectivity index (χ0v) is 18.2. The molecule has 0 spiro atoms. The van der Waals surface area contributed by atoms with Crippen LogP contribution >= 0.6 is 0 Å². The van der Waals surface area contributed by atoms with Crippen molar-refractivity contribution in [1.29, 1.82) is 0 Å². The summed E-state index contributed by atoms with van der Waals surface area (Å²) in [4.78, 5) is 13.0. The molecule has 0 saturated heterocycles. The standard InChI is InChI=1S/C26H36O/c1-7-18(2)16-24(27)21-11-9-8-10-20(21)19-12-13-22-23(17-19)26(5,6)15-14-25(22,3)4/h7,12-13,17H,8-11,14-16H2,1-6H3. The largest absolute Gasteiger partial charge is 0.294 e. The number of fused-ring (bicyclic) bond motifs is 1. The third-order valence-corrected chi connectivity index (χ3v) is 6.94. The van der Waals surface area contributed by atoms with Crippen LogP contribution in [-0.4, -0.2) is 5.78 Å². The van der Waals surface area contributed by atoms with E-state index in [2.05, 4.69) is 58.9 Å². The minimum Gasteiger partial charge on any atom is -0.294 e. The van der Waals surface area contributed by atoms with Crippen LogP contribution in [0.15, 0.2) is 35.4 Å². The highest BCUT2D eigenvalue weighted by atomic mass is 16.1. The number of Topliss-reactive ketones (excluding diaryl/α,β-unsaturated/α-hetero) is 1. The van der Waals surface area contributed by atoms with Gasteiger partial charge in [0, 0.05) is 6.42 Å². The van der Waals surface area contributed by atoms with Crippen molar-refractivity contribution in [3.63, 3.8) is 0 Å². The minimum absolute atomic E-state index is 0.210. The third kappa shape index (κ3) is 3.98. The van der Waals surface area contributed by atoms with Crippen LogP contribution < -0.4 is 0 Å². The summed E-state index contributed by atoms with van der Waals surface area (Å²) in [6.45, 7) is 13.6. The van der Waals surface area contributed by atoms with Crippen molar-refractivity contribution in [2.24, 2.45) is 0 Å². The zero-order valence-electron chi connectivity index (χ0n) is 18.2. The second kappa shape index (κ2) is 7.41. The number of hydrogen-bond acceptors (Lipinski definition) is 1. The molecule has 146 valence electrons. The van der Waals surface area contributed by atoms with Crippen molar-refractivity contribution in [2.45, 2.75) is 97.3 Å². The van der Waals surface area contributed by atoms with E-state index in [0.717, 1.165) is 24.8 Å². The molecule has 1 aromatic carbocycles. The Balaban J connectivity index is 2.08. The van der Waals surface area contributed by atoms with Crippen LogP contribution in [0.1, 0.15) is 103 Å². The molecule has 3 rings (SSSR count). The average molecular weight is 365 g/mol. The van der Waals surface area contributed by atoms with Gasteiger partial charge in [-0.25, -0.2) is 0 Å². The average Bonchev–Trinajstić information content (AvgIpc) is 2.65. The lowest BCUT2D eigenvalue weighted by atomic mass is 9.62. The van der Waals surface area contributed by atoms with E-state index >= 15 is 0 Å². The van der Waals surface area contributed by atoms with E-state index in [0.29, 0.717) is 12.2 Å². The molecule has 27 heavy (non-hydrogen) atoms. The summed E-state index contributed by atoms with van der Waals surface area (Å²) in [6, 6.07) is 7.07. The molecule has 0 aliphatic heterocycles. The summed E-state index contributed by atoms with van der Waals surface area (Å²) in [5.41, 5.74) is 8.31. The molecule has 1 heteroatoms. The first-order chi connectivity index (χ1) is 12.7. The van der Waals surface area contributed by atoms with Crippen molar-refractivity contribution < 1.29 is 4.79 Å². The van der Waals surface area contributed by atoms with Crippen LogP contribution in [0.3, 0.4) is 0 Å². The van der Waals surface area contributed by atoms with E-state index in [1.54, 1.807) is 0 Å². The number of carbonyl (C=O) groups excluding carboxylic acids is 1. The molecule has 2 aliphatic carbocycles. The van der Waals surface area contributed by atoms with E-state index in [9.17, 15) is 4.79 Å².